The van der Waals surface area contributed by atoms with Crippen LogP contribution in [0.1, 0.15) is 54.3 Å². The summed E-state index contributed by atoms with van der Waals surface area (Å²) in [6, 6.07) is 11.7. The third-order valence-corrected chi connectivity index (χ3v) is 6.03. The van der Waals surface area contributed by atoms with E-state index < -0.39 is 5.97 Å². The standard InChI is InChI=1S/C23H26N4O2S/c1-2-3-4-5-8-13-29-23(28)19-20-22(26-18-12-7-6-11-17(18)25-20)27(21(19)24)15-16-10-9-14-30-16/h6-7,9-12,14H,2-5,8,13,15,24H2,1H3. The predicted molar refractivity (Wildman–Crippen MR) is 122 cm³/mol. The summed E-state index contributed by atoms with van der Waals surface area (Å²) in [7, 11) is 0. The van der Waals surface area contributed by atoms with Crippen molar-refractivity contribution in [3.05, 3.63) is 52.2 Å². The van der Waals surface area contributed by atoms with E-state index in [2.05, 4.69) is 6.92 Å². The summed E-state index contributed by atoms with van der Waals surface area (Å²) in [4.78, 5) is 23.6. The molecule has 0 bridgehead atoms. The number of rotatable bonds is 9. The fourth-order valence-corrected chi connectivity index (χ4v) is 4.27. The number of ether oxygens (including phenoxy) is 1. The minimum absolute atomic E-state index is 0.313. The zero-order valence-corrected chi connectivity index (χ0v) is 18.0. The first-order valence-electron chi connectivity index (χ1n) is 10.4. The summed E-state index contributed by atoms with van der Waals surface area (Å²) < 4.78 is 7.42. The van der Waals surface area contributed by atoms with Crippen LogP contribution in [-0.2, 0) is 11.3 Å². The fourth-order valence-electron chi connectivity index (χ4n) is 3.58. The van der Waals surface area contributed by atoms with E-state index in [0.29, 0.717) is 35.7 Å². The van der Waals surface area contributed by atoms with Crippen LogP contribution in [0.15, 0.2) is 41.8 Å². The second-order valence-corrected chi connectivity index (χ2v) is 8.39. The number of hydrogen-bond donors (Lipinski definition) is 1. The van der Waals surface area contributed by atoms with Gasteiger partial charge in [-0.25, -0.2) is 14.8 Å². The normalized spacial score (nSPS) is 11.4. The fraction of sp³-hybridized carbons (Fsp3) is 0.348. The van der Waals surface area contributed by atoms with Crippen molar-refractivity contribution in [3.63, 3.8) is 0 Å². The van der Waals surface area contributed by atoms with Crippen LogP contribution < -0.4 is 5.73 Å². The number of nitrogen functional groups attached to an aromatic ring is 1. The molecular formula is C23H26N4O2S. The number of benzene rings is 1. The highest BCUT2D eigenvalue weighted by Crippen LogP contribution is 2.30. The van der Waals surface area contributed by atoms with E-state index in [1.54, 1.807) is 11.3 Å². The Kier molecular flexibility index (Phi) is 6.28. The molecule has 0 radical (unpaired) electrons. The molecule has 3 heterocycles. The summed E-state index contributed by atoms with van der Waals surface area (Å²) in [5.74, 6) is -0.0767. The zero-order chi connectivity index (χ0) is 20.9. The Hall–Kier alpha value is -2.93. The molecule has 0 saturated heterocycles. The number of aromatic nitrogens is 3. The third-order valence-electron chi connectivity index (χ3n) is 5.17. The van der Waals surface area contributed by atoms with Crippen molar-refractivity contribution in [3.8, 4) is 0 Å². The van der Waals surface area contributed by atoms with Crippen LogP contribution in [0.5, 0.6) is 0 Å². The third kappa shape index (κ3) is 4.16. The van der Waals surface area contributed by atoms with E-state index in [-0.39, 0.29) is 0 Å². The highest BCUT2D eigenvalue weighted by Gasteiger charge is 2.25. The van der Waals surface area contributed by atoms with Gasteiger partial charge >= 0.3 is 5.97 Å². The molecule has 3 aromatic heterocycles. The molecule has 6 nitrogen and oxygen atoms in total. The molecule has 4 rings (SSSR count). The lowest BCUT2D eigenvalue weighted by atomic mass is 10.2. The number of carbonyl (C=O) groups is 1. The van der Waals surface area contributed by atoms with Crippen LogP contribution in [0.3, 0.4) is 0 Å². The first-order chi connectivity index (χ1) is 14.7. The van der Waals surface area contributed by atoms with E-state index in [4.69, 9.17) is 20.4 Å². The van der Waals surface area contributed by atoms with Crippen molar-refractivity contribution in [2.45, 2.75) is 45.6 Å². The molecule has 0 aliphatic rings. The highest BCUT2D eigenvalue weighted by molar-refractivity contribution is 7.09. The molecule has 0 amide bonds. The number of para-hydroxylation sites is 2. The van der Waals surface area contributed by atoms with Crippen molar-refractivity contribution >= 4 is 45.3 Å². The van der Waals surface area contributed by atoms with Crippen LogP contribution in [0, 0.1) is 0 Å². The number of hydrogen-bond acceptors (Lipinski definition) is 6. The quantitative estimate of drug-likeness (QED) is 0.288. The molecule has 0 unspecified atom stereocenters. The van der Waals surface area contributed by atoms with Crippen molar-refractivity contribution in [2.24, 2.45) is 0 Å². The maximum atomic E-state index is 12.9. The number of fused-ring (bicyclic) bond motifs is 2. The van der Waals surface area contributed by atoms with Crippen molar-refractivity contribution in [2.75, 3.05) is 12.3 Å². The van der Waals surface area contributed by atoms with Crippen molar-refractivity contribution in [1.82, 2.24) is 14.5 Å². The maximum absolute atomic E-state index is 12.9. The van der Waals surface area contributed by atoms with Gasteiger partial charge in [0.2, 0.25) is 0 Å². The number of nitrogens with zero attached hydrogens (tertiary/aromatic N) is 3. The molecule has 0 fully saturated rings. The molecule has 0 atom stereocenters. The van der Waals surface area contributed by atoms with Gasteiger partial charge in [-0.15, -0.1) is 11.3 Å². The average Bonchev–Trinajstić information content (AvgIpc) is 3.36. The topological polar surface area (TPSA) is 83.0 Å². The zero-order valence-electron chi connectivity index (χ0n) is 17.1. The van der Waals surface area contributed by atoms with E-state index >= 15 is 0 Å². The molecule has 0 spiro atoms. The second-order valence-electron chi connectivity index (χ2n) is 7.36. The van der Waals surface area contributed by atoms with E-state index in [0.717, 1.165) is 35.2 Å². The summed E-state index contributed by atoms with van der Waals surface area (Å²) in [5, 5.41) is 2.02. The van der Waals surface area contributed by atoms with E-state index in [1.807, 2.05) is 46.3 Å². The van der Waals surface area contributed by atoms with E-state index in [1.165, 1.54) is 12.8 Å². The molecule has 0 saturated carbocycles. The molecule has 2 N–H and O–H groups in total. The van der Waals surface area contributed by atoms with Gasteiger partial charge in [-0.1, -0.05) is 50.8 Å². The summed E-state index contributed by atoms with van der Waals surface area (Å²) in [6.45, 7) is 3.11. The Morgan fingerprint density at radius 1 is 1.07 bits per heavy atom. The molecule has 4 aromatic rings. The minimum Gasteiger partial charge on any atom is -0.462 e. The SMILES string of the molecule is CCCCCCCOC(=O)c1c(N)n(Cc2cccs2)c2nc3ccccc3nc12. The van der Waals surface area contributed by atoms with Crippen LogP contribution in [0.4, 0.5) is 5.82 Å². The van der Waals surface area contributed by atoms with Crippen LogP contribution in [-0.4, -0.2) is 27.1 Å². The van der Waals surface area contributed by atoms with Crippen LogP contribution >= 0.6 is 11.3 Å². The molecular weight excluding hydrogens is 396 g/mol. The van der Waals surface area contributed by atoms with Crippen LogP contribution in [0.25, 0.3) is 22.2 Å². The number of carbonyl (C=O) groups excluding carboxylic acids is 1. The predicted octanol–water partition coefficient (Wildman–Crippen LogP) is 5.40. The van der Waals surface area contributed by atoms with Gasteiger partial charge in [0.25, 0.3) is 0 Å². The number of thiophene rings is 1. The van der Waals surface area contributed by atoms with Gasteiger partial charge in [0.05, 0.1) is 24.2 Å². The number of esters is 1. The molecule has 7 heteroatoms. The second kappa shape index (κ2) is 9.26. The van der Waals surface area contributed by atoms with Gasteiger partial charge in [0.1, 0.15) is 16.9 Å². The van der Waals surface area contributed by atoms with Gasteiger partial charge in [-0.05, 0) is 30.0 Å². The summed E-state index contributed by atoms with van der Waals surface area (Å²) in [6.07, 6.45) is 5.47. The van der Waals surface area contributed by atoms with E-state index in [9.17, 15) is 4.79 Å². The lowest BCUT2D eigenvalue weighted by molar-refractivity contribution is 0.0501. The Morgan fingerprint density at radius 2 is 1.83 bits per heavy atom. The Labute approximate surface area is 179 Å². The molecule has 0 aliphatic heterocycles. The van der Waals surface area contributed by atoms with Gasteiger partial charge in [0, 0.05) is 4.88 Å². The minimum atomic E-state index is -0.428. The van der Waals surface area contributed by atoms with Gasteiger partial charge < -0.3 is 15.0 Å². The summed E-state index contributed by atoms with van der Waals surface area (Å²) >= 11 is 1.64. The molecule has 156 valence electrons. The lowest BCUT2D eigenvalue weighted by Crippen LogP contribution is -2.11. The lowest BCUT2D eigenvalue weighted by Gasteiger charge is -2.07. The molecule has 30 heavy (non-hydrogen) atoms. The van der Waals surface area contributed by atoms with Crippen molar-refractivity contribution in [1.29, 1.82) is 0 Å². The largest absolute Gasteiger partial charge is 0.462 e. The monoisotopic (exact) mass is 422 g/mol. The number of anilines is 1. The smallest absolute Gasteiger partial charge is 0.344 e. The maximum Gasteiger partial charge on any atom is 0.344 e. The van der Waals surface area contributed by atoms with Crippen molar-refractivity contribution < 1.29 is 9.53 Å². The summed E-state index contributed by atoms with van der Waals surface area (Å²) in [5.41, 5.74) is 9.37. The Bertz CT molecular complexity index is 1150. The van der Waals surface area contributed by atoms with Gasteiger partial charge in [-0.3, -0.25) is 0 Å². The Balaban J connectivity index is 1.68. The molecule has 0 aliphatic carbocycles. The van der Waals surface area contributed by atoms with Gasteiger partial charge in [-0.2, -0.15) is 0 Å². The average molecular weight is 423 g/mol. The molecule has 1 aromatic carbocycles. The number of nitrogens with two attached hydrogens (primary N) is 1. The van der Waals surface area contributed by atoms with Gasteiger partial charge in [0.15, 0.2) is 5.65 Å². The number of unbranched alkanes of at least 4 members (excludes halogenated alkanes) is 4. The van der Waals surface area contributed by atoms with Crippen LogP contribution in [0.2, 0.25) is 0 Å². The Morgan fingerprint density at radius 3 is 2.57 bits per heavy atom. The highest BCUT2D eigenvalue weighted by atomic mass is 32.1. The first kappa shape index (κ1) is 20.3. The first-order valence-corrected chi connectivity index (χ1v) is 11.3.